The molecule has 2 N–H and O–H groups in total. The van der Waals surface area contributed by atoms with Crippen LogP contribution in [-0.2, 0) is 4.74 Å². The van der Waals surface area contributed by atoms with Crippen LogP contribution in [0.2, 0.25) is 19.6 Å². The predicted octanol–water partition coefficient (Wildman–Crippen LogP) is 4.18. The van der Waals surface area contributed by atoms with Crippen LogP contribution in [0, 0.1) is 0 Å². The Morgan fingerprint density at radius 2 is 1.96 bits per heavy atom. The normalized spacial score (nSPS) is 10.7. The van der Waals surface area contributed by atoms with Gasteiger partial charge in [0.15, 0.2) is 0 Å². The first-order valence-electron chi connectivity index (χ1n) is 8.19. The molecule has 0 bridgehead atoms. The van der Waals surface area contributed by atoms with Crippen LogP contribution in [0.4, 0.5) is 0 Å². The first kappa shape index (κ1) is 19.9. The second kappa shape index (κ2) is 8.67. The maximum Gasteiger partial charge on any atom is 0.337 e. The van der Waals surface area contributed by atoms with Crippen molar-refractivity contribution in [2.75, 3.05) is 7.11 Å². The van der Waals surface area contributed by atoms with Gasteiger partial charge in [-0.05, 0) is 47.9 Å². The summed E-state index contributed by atoms with van der Waals surface area (Å²) in [7, 11) is -0.171. The Bertz CT molecular complexity index is 680. The molecule has 0 unspecified atom stereocenters. The number of methoxy groups -OCH3 is 1. The van der Waals surface area contributed by atoms with E-state index in [4.69, 9.17) is 10.5 Å². The highest BCUT2D eigenvalue weighted by atomic mass is 28.3. The van der Waals surface area contributed by atoms with Crippen LogP contribution in [0.5, 0.6) is 0 Å². The minimum absolute atomic E-state index is 0.376. The monoisotopic (exact) mass is 345 g/mol. The predicted molar refractivity (Wildman–Crippen MR) is 101 cm³/mol. The maximum atomic E-state index is 11.7. The number of amides is 1. The summed E-state index contributed by atoms with van der Waals surface area (Å²) < 4.78 is 4.74. The van der Waals surface area contributed by atoms with Gasteiger partial charge in [-0.15, -0.1) is 5.73 Å². The first-order chi connectivity index (χ1) is 11.2. The maximum absolute atomic E-state index is 11.7. The van der Waals surface area contributed by atoms with Crippen LogP contribution in [0.15, 0.2) is 29.1 Å². The largest absolute Gasteiger partial charge is 0.465 e. The number of unbranched alkanes of at least 4 members (excludes halogenated alkanes) is 1. The summed E-state index contributed by atoms with van der Waals surface area (Å²) >= 11 is 0. The van der Waals surface area contributed by atoms with Gasteiger partial charge < -0.3 is 10.5 Å². The SMILES string of the molecule is CCCCC(=C=Cc1cc(C(=O)OC)ccc1C(N)=O)[Si](C)(C)C. The summed E-state index contributed by atoms with van der Waals surface area (Å²) in [6.45, 7) is 8.99. The van der Waals surface area contributed by atoms with E-state index in [1.807, 2.05) is 0 Å². The van der Waals surface area contributed by atoms with E-state index in [1.165, 1.54) is 12.3 Å². The van der Waals surface area contributed by atoms with Crippen molar-refractivity contribution >= 4 is 26.0 Å². The van der Waals surface area contributed by atoms with Gasteiger partial charge in [-0.25, -0.2) is 4.79 Å². The molecule has 0 atom stereocenters. The Balaban J connectivity index is 3.42. The van der Waals surface area contributed by atoms with Crippen molar-refractivity contribution < 1.29 is 14.3 Å². The van der Waals surface area contributed by atoms with Crippen molar-refractivity contribution in [2.45, 2.75) is 45.8 Å². The van der Waals surface area contributed by atoms with Crippen LogP contribution in [0.1, 0.15) is 52.5 Å². The molecule has 0 aliphatic heterocycles. The highest BCUT2D eigenvalue weighted by Crippen LogP contribution is 2.21. The molecule has 1 aromatic rings. The number of benzene rings is 1. The number of nitrogens with two attached hydrogens (primary N) is 1. The Morgan fingerprint density at radius 3 is 2.46 bits per heavy atom. The molecule has 0 aromatic heterocycles. The average Bonchev–Trinajstić information content (AvgIpc) is 2.52. The van der Waals surface area contributed by atoms with Crippen molar-refractivity contribution in [3.05, 3.63) is 45.8 Å². The zero-order valence-corrected chi connectivity index (χ0v) is 16.2. The van der Waals surface area contributed by atoms with Gasteiger partial charge in [0.25, 0.3) is 0 Å². The van der Waals surface area contributed by atoms with Crippen LogP contribution >= 0.6 is 0 Å². The lowest BCUT2D eigenvalue weighted by molar-refractivity contribution is 0.0600. The van der Waals surface area contributed by atoms with Crippen molar-refractivity contribution in [1.82, 2.24) is 0 Å². The summed E-state index contributed by atoms with van der Waals surface area (Å²) in [5.41, 5.74) is 10.2. The van der Waals surface area contributed by atoms with Crippen molar-refractivity contribution in [3.8, 4) is 0 Å². The zero-order valence-electron chi connectivity index (χ0n) is 15.2. The van der Waals surface area contributed by atoms with Gasteiger partial charge in [0.1, 0.15) is 0 Å². The molecule has 1 amide bonds. The molecule has 0 radical (unpaired) electrons. The van der Waals surface area contributed by atoms with E-state index >= 15 is 0 Å². The van der Waals surface area contributed by atoms with E-state index in [0.29, 0.717) is 16.7 Å². The number of primary amides is 1. The summed E-state index contributed by atoms with van der Waals surface area (Å²) in [5, 5.41) is 1.31. The van der Waals surface area contributed by atoms with Gasteiger partial charge >= 0.3 is 5.97 Å². The number of rotatable bonds is 7. The number of carbonyl (C=O) groups excluding carboxylic acids is 2. The van der Waals surface area contributed by atoms with Gasteiger partial charge in [-0.1, -0.05) is 33.0 Å². The fourth-order valence-electron chi connectivity index (χ4n) is 2.33. The number of hydrogen-bond donors (Lipinski definition) is 1. The summed E-state index contributed by atoms with van der Waals surface area (Å²) in [6.07, 6.45) is 5.02. The molecule has 0 aliphatic rings. The molecule has 5 heteroatoms. The minimum atomic E-state index is -1.50. The van der Waals surface area contributed by atoms with Crippen LogP contribution in [0.3, 0.4) is 0 Å². The van der Waals surface area contributed by atoms with Crippen LogP contribution < -0.4 is 5.73 Å². The molecule has 130 valence electrons. The lowest BCUT2D eigenvalue weighted by Gasteiger charge is -2.18. The van der Waals surface area contributed by atoms with Gasteiger partial charge in [0.2, 0.25) is 5.91 Å². The molecule has 0 heterocycles. The third-order valence-electron chi connectivity index (χ3n) is 3.83. The van der Waals surface area contributed by atoms with Gasteiger partial charge in [-0.3, -0.25) is 4.79 Å². The Kier molecular flexibility index (Phi) is 7.20. The van der Waals surface area contributed by atoms with E-state index in [0.717, 1.165) is 19.3 Å². The molecule has 0 saturated heterocycles. The number of hydrogen-bond acceptors (Lipinski definition) is 3. The van der Waals surface area contributed by atoms with E-state index in [-0.39, 0.29) is 0 Å². The van der Waals surface area contributed by atoms with Gasteiger partial charge in [0, 0.05) is 5.56 Å². The standard InChI is InChI=1S/C19H27NO3Si/c1-6-7-8-16(24(3,4)5)11-9-14-13-15(19(22)23-2)10-12-17(14)18(20)21/h9-10,12-13H,6-8H2,1-5H3,(H2,20,21). The summed E-state index contributed by atoms with van der Waals surface area (Å²) in [6, 6.07) is 4.73. The highest BCUT2D eigenvalue weighted by molar-refractivity contribution is 6.83. The second-order valence-electron chi connectivity index (χ2n) is 6.78. The molecule has 24 heavy (non-hydrogen) atoms. The van der Waals surface area contributed by atoms with E-state index < -0.39 is 20.0 Å². The average molecular weight is 346 g/mol. The molecule has 1 rings (SSSR count). The number of carbonyl (C=O) groups is 2. The first-order valence-corrected chi connectivity index (χ1v) is 11.7. The fourth-order valence-corrected chi connectivity index (χ4v) is 3.77. The van der Waals surface area contributed by atoms with E-state index in [9.17, 15) is 9.59 Å². The minimum Gasteiger partial charge on any atom is -0.465 e. The number of ether oxygens (including phenoxy) is 1. The lowest BCUT2D eigenvalue weighted by atomic mass is 10.0. The number of allylic oxidation sites excluding steroid dienone is 1. The molecule has 0 spiro atoms. The summed E-state index contributed by atoms with van der Waals surface area (Å²) in [4.78, 5) is 23.4. The van der Waals surface area contributed by atoms with Crippen LogP contribution in [-0.4, -0.2) is 27.1 Å². The molecule has 4 nitrogen and oxygen atoms in total. The van der Waals surface area contributed by atoms with Crippen LogP contribution in [0.25, 0.3) is 6.08 Å². The molecule has 0 aliphatic carbocycles. The highest BCUT2D eigenvalue weighted by Gasteiger charge is 2.19. The van der Waals surface area contributed by atoms with Crippen molar-refractivity contribution in [1.29, 1.82) is 0 Å². The quantitative estimate of drug-likeness (QED) is 0.458. The Labute approximate surface area is 145 Å². The molecule has 0 fully saturated rings. The third kappa shape index (κ3) is 5.51. The van der Waals surface area contributed by atoms with Gasteiger partial charge in [0.05, 0.1) is 20.7 Å². The Hall–Kier alpha value is -2.10. The smallest absolute Gasteiger partial charge is 0.337 e. The third-order valence-corrected chi connectivity index (χ3v) is 6.03. The number of esters is 1. The molecular formula is C19H27NO3Si. The fraction of sp³-hybridized carbons (Fsp3) is 0.421. The molecule has 1 aromatic carbocycles. The molecule has 0 saturated carbocycles. The molecular weight excluding hydrogens is 318 g/mol. The van der Waals surface area contributed by atoms with Crippen molar-refractivity contribution in [3.63, 3.8) is 0 Å². The topological polar surface area (TPSA) is 69.4 Å². The van der Waals surface area contributed by atoms with Gasteiger partial charge in [-0.2, -0.15) is 0 Å². The lowest BCUT2D eigenvalue weighted by Crippen LogP contribution is -2.23. The second-order valence-corrected chi connectivity index (χ2v) is 11.9. The van der Waals surface area contributed by atoms with E-state index in [2.05, 4.69) is 32.3 Å². The van der Waals surface area contributed by atoms with E-state index in [1.54, 1.807) is 24.3 Å². The zero-order chi connectivity index (χ0) is 18.3. The van der Waals surface area contributed by atoms with Crippen molar-refractivity contribution in [2.24, 2.45) is 5.73 Å². The summed E-state index contributed by atoms with van der Waals surface area (Å²) in [5.74, 6) is -0.969. The Morgan fingerprint density at radius 1 is 1.29 bits per heavy atom.